The van der Waals surface area contributed by atoms with Gasteiger partial charge in [-0.25, -0.2) is 0 Å². The second kappa shape index (κ2) is 18.3. The fourth-order valence-corrected chi connectivity index (χ4v) is 9.23. The van der Waals surface area contributed by atoms with Gasteiger partial charge in [-0.05, 0) is 62.0 Å². The van der Waals surface area contributed by atoms with Crippen LogP contribution in [-0.4, -0.2) is 96.6 Å². The number of rotatable bonds is 13. The highest BCUT2D eigenvalue weighted by Gasteiger charge is 2.71. The van der Waals surface area contributed by atoms with Gasteiger partial charge in [0, 0.05) is 12.8 Å². The number of carbonyl (C=O) groups is 2. The van der Waals surface area contributed by atoms with Crippen LogP contribution >= 0.6 is 0 Å². The Morgan fingerprint density at radius 1 is 0.885 bits per heavy atom. The summed E-state index contributed by atoms with van der Waals surface area (Å²) in [5.41, 5.74) is 8.05. The number of carbonyl (C=O) groups excluding carboxylic acids is 2. The Balaban J connectivity index is 0.000000197. The molecule has 0 saturated carbocycles. The predicted octanol–water partition coefficient (Wildman–Crippen LogP) is 2.96. The van der Waals surface area contributed by atoms with Gasteiger partial charge in [0.1, 0.15) is 36.3 Å². The molecule has 0 spiro atoms. The quantitative estimate of drug-likeness (QED) is 0.157. The lowest BCUT2D eigenvalue weighted by atomic mass is 9.71. The summed E-state index contributed by atoms with van der Waals surface area (Å²) in [6, 6.07) is 30.3. The number of primary amides is 1. The SMILES string of the molecule is CCCC[N+]1(C)[C@@H]2CC(OC(=O)[C@H](CO)c3ccccc3)C[C@H]1[C@@H]1O[C@@H]12.NC(=O)C(CCN1CCCCCC1)(c1ccccc1)c1ccccc1.[Br-]. The van der Waals surface area contributed by atoms with Crippen molar-refractivity contribution >= 4 is 11.9 Å². The molecule has 3 N–H and O–H groups in total. The molecule has 3 aromatic carbocycles. The van der Waals surface area contributed by atoms with Gasteiger partial charge in [0.15, 0.2) is 0 Å². The molecule has 4 fully saturated rings. The van der Waals surface area contributed by atoms with Gasteiger partial charge < -0.3 is 46.7 Å². The van der Waals surface area contributed by atoms with E-state index in [0.717, 1.165) is 60.1 Å². The maximum Gasteiger partial charge on any atom is 0.316 e. The lowest BCUT2D eigenvalue weighted by molar-refractivity contribution is -0.956. The van der Waals surface area contributed by atoms with E-state index < -0.39 is 11.3 Å². The number of unbranched alkanes of at least 4 members (excludes halogenated alkanes) is 1. The van der Waals surface area contributed by atoms with Gasteiger partial charge >= 0.3 is 5.97 Å². The Labute approximate surface area is 321 Å². The second-order valence-corrected chi connectivity index (χ2v) is 15.3. The standard InChI is InChI=1S/C22H28N2O.C21H30NO4.BrH/c23-21(25)22(19-11-5-3-6-12-19,20-13-7-4-8-14-20)15-18-24-16-9-1-2-10-17-24;1-3-4-10-22(2)17-11-15(12-18(22)20-19(17)26-20)25-21(24)16(13-23)14-8-6-5-7-9-14;/h3-8,11-14H,1-2,9-10,15-18H2,(H2,23,25);5-9,15-20,23H,3-4,10-13H2,1-2H3;1H/q;+1;/p-1/t;15?,16-,17-,18+,19-,20+,22?;/m.1./s1. The van der Waals surface area contributed by atoms with E-state index >= 15 is 0 Å². The van der Waals surface area contributed by atoms with Crippen LogP contribution in [0, 0.1) is 0 Å². The molecule has 52 heavy (non-hydrogen) atoms. The van der Waals surface area contributed by atoms with E-state index in [1.807, 2.05) is 91.0 Å². The topological polar surface area (TPSA) is 105 Å². The van der Waals surface area contributed by atoms with E-state index in [0.29, 0.717) is 24.3 Å². The van der Waals surface area contributed by atoms with Gasteiger partial charge in [-0.1, -0.05) is 117 Å². The lowest BCUT2D eigenvalue weighted by Crippen LogP contribution is -3.00. The molecule has 3 aromatic rings. The number of halogens is 1. The number of hydrogen-bond donors (Lipinski definition) is 2. The predicted molar refractivity (Wildman–Crippen MR) is 200 cm³/mol. The number of nitrogens with two attached hydrogens (primary N) is 1. The molecule has 7 rings (SSSR count). The van der Waals surface area contributed by atoms with Gasteiger partial charge in [0.25, 0.3) is 0 Å². The molecule has 8 nitrogen and oxygen atoms in total. The number of hydrogen-bond acceptors (Lipinski definition) is 6. The number of likely N-dealkylation sites (tertiary alicyclic amines) is 1. The van der Waals surface area contributed by atoms with Crippen LogP contribution in [0.4, 0.5) is 0 Å². The summed E-state index contributed by atoms with van der Waals surface area (Å²) in [5, 5.41) is 9.70. The van der Waals surface area contributed by atoms with Crippen molar-refractivity contribution in [1.29, 1.82) is 0 Å². The highest BCUT2D eigenvalue weighted by Crippen LogP contribution is 2.53. The number of quaternary nitrogens is 1. The number of esters is 1. The van der Waals surface area contributed by atoms with Crippen LogP contribution in [0.1, 0.15) is 87.3 Å². The molecule has 1 amide bonds. The molecule has 4 aliphatic rings. The molecule has 9 heteroatoms. The zero-order valence-corrected chi connectivity index (χ0v) is 32.5. The van der Waals surface area contributed by atoms with E-state index in [-0.39, 0.29) is 41.6 Å². The summed E-state index contributed by atoms with van der Waals surface area (Å²) in [7, 11) is 2.36. The largest absolute Gasteiger partial charge is 1.00 e. The van der Waals surface area contributed by atoms with Crippen molar-refractivity contribution in [3.63, 3.8) is 0 Å². The van der Waals surface area contributed by atoms with Gasteiger partial charge in [-0.3, -0.25) is 9.59 Å². The number of morpholine rings is 1. The summed E-state index contributed by atoms with van der Waals surface area (Å²) in [6.45, 7) is 6.34. The maximum absolute atomic E-state index is 12.8. The number of likely N-dealkylation sites (N-methyl/N-ethyl adjacent to an activating group) is 1. The Hall–Kier alpha value is -3.08. The van der Waals surface area contributed by atoms with Crippen molar-refractivity contribution in [3.8, 4) is 0 Å². The second-order valence-electron chi connectivity index (χ2n) is 15.3. The molecule has 2 bridgehead atoms. The first-order chi connectivity index (χ1) is 24.8. The number of ether oxygens (including phenoxy) is 2. The average Bonchev–Trinajstić information content (AvgIpc) is 3.97. The monoisotopic (exact) mass is 775 g/mol. The molecular formula is C43H58BrN3O5. The average molecular weight is 777 g/mol. The zero-order chi connectivity index (χ0) is 35.8. The Morgan fingerprint density at radius 2 is 1.40 bits per heavy atom. The Morgan fingerprint density at radius 3 is 1.88 bits per heavy atom. The Bertz CT molecular complexity index is 1500. The lowest BCUT2D eigenvalue weighted by Gasteiger charge is -2.48. The maximum atomic E-state index is 12.8. The van der Waals surface area contributed by atoms with Crippen LogP contribution in [0.15, 0.2) is 91.0 Å². The van der Waals surface area contributed by atoms with E-state index in [1.54, 1.807) is 0 Å². The normalized spacial score (nSPS) is 27.1. The molecule has 0 radical (unpaired) electrons. The summed E-state index contributed by atoms with van der Waals surface area (Å²) in [4.78, 5) is 27.9. The van der Waals surface area contributed by atoms with E-state index in [2.05, 4.69) is 18.9 Å². The van der Waals surface area contributed by atoms with Crippen LogP contribution < -0.4 is 22.7 Å². The molecule has 4 saturated heterocycles. The molecule has 282 valence electrons. The third kappa shape index (κ3) is 8.65. The number of piperidine rings is 1. The van der Waals surface area contributed by atoms with Gasteiger partial charge in [-0.15, -0.1) is 0 Å². The minimum Gasteiger partial charge on any atom is -1.00 e. The van der Waals surface area contributed by atoms with E-state index in [4.69, 9.17) is 15.2 Å². The molecule has 0 aromatic heterocycles. The van der Waals surface area contributed by atoms with Crippen molar-refractivity contribution in [1.82, 2.24) is 4.90 Å². The number of benzene rings is 3. The molecule has 7 atom stereocenters. The third-order valence-electron chi connectivity index (χ3n) is 12.2. The summed E-state index contributed by atoms with van der Waals surface area (Å²) in [5.74, 6) is -1.16. The number of amides is 1. The van der Waals surface area contributed by atoms with Crippen molar-refractivity contribution in [2.75, 3.05) is 39.8 Å². The number of aliphatic hydroxyl groups is 1. The fourth-order valence-electron chi connectivity index (χ4n) is 9.23. The molecular weight excluding hydrogens is 718 g/mol. The fraction of sp³-hybridized carbons (Fsp3) is 0.535. The van der Waals surface area contributed by atoms with E-state index in [1.165, 1.54) is 45.1 Å². The van der Waals surface area contributed by atoms with Crippen molar-refractivity contribution in [2.45, 2.75) is 106 Å². The highest BCUT2D eigenvalue weighted by atomic mass is 79.9. The first kappa shape index (κ1) is 40.1. The smallest absolute Gasteiger partial charge is 0.316 e. The minimum atomic E-state index is -0.769. The summed E-state index contributed by atoms with van der Waals surface area (Å²) in [6.07, 6.45) is 10.7. The number of aliphatic hydroxyl groups excluding tert-OH is 1. The van der Waals surface area contributed by atoms with Crippen LogP contribution in [-0.2, 0) is 24.5 Å². The summed E-state index contributed by atoms with van der Waals surface area (Å²) < 4.78 is 12.9. The molecule has 2 unspecified atom stereocenters. The van der Waals surface area contributed by atoms with Crippen molar-refractivity contribution in [3.05, 3.63) is 108 Å². The number of epoxide rings is 1. The van der Waals surface area contributed by atoms with Crippen LogP contribution in [0.25, 0.3) is 0 Å². The Kier molecular flexibility index (Phi) is 14.1. The van der Waals surface area contributed by atoms with Gasteiger partial charge in [-0.2, -0.15) is 0 Å². The zero-order valence-electron chi connectivity index (χ0n) is 31.0. The van der Waals surface area contributed by atoms with Crippen LogP contribution in [0.3, 0.4) is 0 Å². The van der Waals surface area contributed by atoms with Crippen LogP contribution in [0.5, 0.6) is 0 Å². The molecule has 0 aliphatic carbocycles. The van der Waals surface area contributed by atoms with Crippen molar-refractivity contribution in [2.24, 2.45) is 5.73 Å². The van der Waals surface area contributed by atoms with Crippen LogP contribution in [0.2, 0.25) is 0 Å². The first-order valence-electron chi connectivity index (χ1n) is 19.3. The third-order valence-corrected chi connectivity index (χ3v) is 12.2. The minimum absolute atomic E-state index is 0. The number of fused-ring (bicyclic) bond motifs is 5. The highest BCUT2D eigenvalue weighted by molar-refractivity contribution is 5.90. The van der Waals surface area contributed by atoms with Gasteiger partial charge in [0.2, 0.25) is 5.91 Å². The van der Waals surface area contributed by atoms with Gasteiger partial charge in [0.05, 0.1) is 25.6 Å². The molecule has 4 heterocycles. The summed E-state index contributed by atoms with van der Waals surface area (Å²) >= 11 is 0. The first-order valence-corrected chi connectivity index (χ1v) is 19.3. The van der Waals surface area contributed by atoms with Crippen molar-refractivity contribution < 1.29 is 45.6 Å². The molecule has 4 aliphatic heterocycles. The number of nitrogens with zero attached hydrogens (tertiary/aromatic N) is 2. The van der Waals surface area contributed by atoms with E-state index in [9.17, 15) is 14.7 Å².